The van der Waals surface area contributed by atoms with E-state index in [1.54, 1.807) is 9.13 Å². The topological polar surface area (TPSA) is 136 Å². The van der Waals surface area contributed by atoms with Crippen LogP contribution >= 0.6 is 0 Å². The van der Waals surface area contributed by atoms with Gasteiger partial charge in [-0.15, -0.1) is 0 Å². The number of methoxy groups -OCH3 is 1. The first-order valence-corrected chi connectivity index (χ1v) is 16.0. The third-order valence-corrected chi connectivity index (χ3v) is 9.89. The van der Waals surface area contributed by atoms with E-state index >= 15 is 0 Å². The average Bonchev–Trinajstić information content (AvgIpc) is 3.36. The Morgan fingerprint density at radius 3 is 2.30 bits per heavy atom. The second kappa shape index (κ2) is 12.8. The molecule has 3 aliphatic heterocycles. The fraction of sp³-hybridized carbons (Fsp3) is 0.455. The zero-order valence-corrected chi connectivity index (χ0v) is 26.0. The number of hydrogen-bond acceptors (Lipinski definition) is 9. The molecule has 0 bridgehead atoms. The van der Waals surface area contributed by atoms with E-state index in [2.05, 4.69) is 30.4 Å². The Morgan fingerprint density at radius 1 is 0.978 bits per heavy atom. The third-order valence-electron chi connectivity index (χ3n) is 9.89. The number of hydrogen-bond donors (Lipinski definition) is 3. The summed E-state index contributed by atoms with van der Waals surface area (Å²) in [5.41, 5.74) is 8.90. The van der Waals surface area contributed by atoms with E-state index in [9.17, 15) is 14.0 Å². The first kappa shape index (κ1) is 30.3. The average molecular weight is 630 g/mol. The highest BCUT2D eigenvalue weighted by molar-refractivity contribution is 5.96. The number of imidazole rings is 1. The lowest BCUT2D eigenvalue weighted by Gasteiger charge is -2.46. The standard InChI is InChI=1S/C33H40FN9O3/c1-46-28-16-22(34)4-7-27(28)32(44)37-17-21-2-5-24(6-3-21)42-29-30(35)38-20-39-31(29)43(33(42)45)25-10-14-40(15-11-25)23-8-12-41(13-9-23)26-18-36-19-26/h2-7,16,20,23,25-26,36H,8-15,17-19H2,1H3,(H,37,44)(H2,35,38,39). The van der Waals surface area contributed by atoms with Crippen LogP contribution in [-0.4, -0.2) is 93.3 Å². The predicted molar refractivity (Wildman–Crippen MR) is 173 cm³/mol. The van der Waals surface area contributed by atoms with Crippen molar-refractivity contribution in [2.75, 3.05) is 52.1 Å². The minimum atomic E-state index is -0.481. The number of nitrogens with zero attached hydrogens (tertiary/aromatic N) is 6. The van der Waals surface area contributed by atoms with Gasteiger partial charge >= 0.3 is 5.69 Å². The fourth-order valence-electron chi connectivity index (χ4n) is 7.19. The smallest absolute Gasteiger partial charge is 0.335 e. The van der Waals surface area contributed by atoms with Crippen LogP contribution in [-0.2, 0) is 6.54 Å². The molecule has 3 fully saturated rings. The van der Waals surface area contributed by atoms with E-state index in [4.69, 9.17) is 10.5 Å². The molecule has 0 spiro atoms. The van der Waals surface area contributed by atoms with Crippen LogP contribution in [0.25, 0.3) is 16.9 Å². The summed E-state index contributed by atoms with van der Waals surface area (Å²) in [6.07, 6.45) is 5.55. The molecule has 1 amide bonds. The second-order valence-corrected chi connectivity index (χ2v) is 12.5. The monoisotopic (exact) mass is 629 g/mol. The molecule has 0 aliphatic carbocycles. The molecule has 242 valence electrons. The van der Waals surface area contributed by atoms with Gasteiger partial charge in [-0.05, 0) is 55.5 Å². The molecule has 46 heavy (non-hydrogen) atoms. The summed E-state index contributed by atoms with van der Waals surface area (Å²) in [6, 6.07) is 12.5. The van der Waals surface area contributed by atoms with Crippen molar-refractivity contribution in [3.8, 4) is 11.4 Å². The van der Waals surface area contributed by atoms with Crippen molar-refractivity contribution in [3.05, 3.63) is 76.2 Å². The molecule has 2 aromatic heterocycles. The summed E-state index contributed by atoms with van der Waals surface area (Å²) < 4.78 is 22.1. The molecular formula is C33H40FN9O3. The van der Waals surface area contributed by atoms with Crippen molar-refractivity contribution in [3.63, 3.8) is 0 Å². The van der Waals surface area contributed by atoms with E-state index in [0.717, 1.165) is 57.7 Å². The van der Waals surface area contributed by atoms with Crippen LogP contribution in [0.3, 0.4) is 0 Å². The van der Waals surface area contributed by atoms with Crippen LogP contribution in [0.2, 0.25) is 0 Å². The van der Waals surface area contributed by atoms with Crippen molar-refractivity contribution >= 4 is 22.9 Å². The number of ether oxygens (including phenoxy) is 1. The van der Waals surface area contributed by atoms with Gasteiger partial charge in [-0.25, -0.2) is 19.2 Å². The third kappa shape index (κ3) is 5.74. The van der Waals surface area contributed by atoms with Gasteiger partial charge in [0.1, 0.15) is 23.4 Å². The molecule has 0 unspecified atom stereocenters. The number of carbonyl (C=O) groups is 1. The maximum Gasteiger partial charge on any atom is 0.335 e. The number of halogens is 1. The van der Waals surface area contributed by atoms with Crippen LogP contribution in [0.1, 0.15) is 47.6 Å². The largest absolute Gasteiger partial charge is 0.496 e. The van der Waals surface area contributed by atoms with Crippen molar-refractivity contribution in [1.82, 2.24) is 39.5 Å². The molecule has 0 atom stereocenters. The van der Waals surface area contributed by atoms with Crippen LogP contribution in [0.15, 0.2) is 53.6 Å². The van der Waals surface area contributed by atoms with Gasteiger partial charge in [0, 0.05) is 70.0 Å². The Balaban J connectivity index is 1.05. The number of amides is 1. The number of carbonyl (C=O) groups excluding carboxylic acids is 1. The van der Waals surface area contributed by atoms with Crippen molar-refractivity contribution in [2.24, 2.45) is 0 Å². The number of fused-ring (bicyclic) bond motifs is 1. The Hall–Kier alpha value is -4.33. The molecule has 3 saturated heterocycles. The Morgan fingerprint density at radius 2 is 1.65 bits per heavy atom. The van der Waals surface area contributed by atoms with Crippen LogP contribution in [0.5, 0.6) is 5.75 Å². The Kier molecular flexibility index (Phi) is 8.45. The molecule has 3 aliphatic rings. The molecule has 0 saturated carbocycles. The minimum absolute atomic E-state index is 0.0147. The predicted octanol–water partition coefficient (Wildman–Crippen LogP) is 2.32. The number of rotatable bonds is 8. The minimum Gasteiger partial charge on any atom is -0.496 e. The maximum atomic E-state index is 14.1. The normalized spacial score (nSPS) is 18.9. The zero-order valence-electron chi connectivity index (χ0n) is 26.0. The Bertz CT molecular complexity index is 1770. The van der Waals surface area contributed by atoms with Gasteiger partial charge in [-0.3, -0.25) is 18.8 Å². The molecule has 12 nitrogen and oxygen atoms in total. The summed E-state index contributed by atoms with van der Waals surface area (Å²) in [7, 11) is 1.39. The Labute approximate surface area is 266 Å². The summed E-state index contributed by atoms with van der Waals surface area (Å²) >= 11 is 0. The van der Waals surface area contributed by atoms with E-state index < -0.39 is 5.82 Å². The van der Waals surface area contributed by atoms with Gasteiger partial charge in [0.25, 0.3) is 5.91 Å². The molecular weight excluding hydrogens is 589 g/mol. The summed E-state index contributed by atoms with van der Waals surface area (Å²) in [6.45, 7) is 6.68. The zero-order chi connectivity index (χ0) is 31.8. The molecule has 4 N–H and O–H groups in total. The number of nitrogen functional groups attached to an aromatic ring is 1. The van der Waals surface area contributed by atoms with Crippen LogP contribution < -0.4 is 26.8 Å². The van der Waals surface area contributed by atoms with Gasteiger partial charge in [-0.1, -0.05) is 12.1 Å². The van der Waals surface area contributed by atoms with Gasteiger partial charge in [-0.2, -0.15) is 0 Å². The highest BCUT2D eigenvalue weighted by Gasteiger charge is 2.34. The van der Waals surface area contributed by atoms with Gasteiger partial charge < -0.3 is 26.0 Å². The molecule has 5 heterocycles. The van der Waals surface area contributed by atoms with Gasteiger partial charge in [0.05, 0.1) is 18.4 Å². The van der Waals surface area contributed by atoms with Crippen LogP contribution in [0, 0.1) is 5.82 Å². The van der Waals surface area contributed by atoms with E-state index in [0.29, 0.717) is 28.9 Å². The first-order chi connectivity index (χ1) is 22.4. The maximum absolute atomic E-state index is 14.1. The second-order valence-electron chi connectivity index (χ2n) is 12.5. The fourth-order valence-corrected chi connectivity index (χ4v) is 7.19. The summed E-state index contributed by atoms with van der Waals surface area (Å²) in [5.74, 6) is -0.453. The first-order valence-electron chi connectivity index (χ1n) is 16.0. The molecule has 4 aromatic rings. The van der Waals surface area contributed by atoms with Crippen molar-refractivity contribution in [1.29, 1.82) is 0 Å². The lowest BCUT2D eigenvalue weighted by Crippen LogP contribution is -2.60. The quantitative estimate of drug-likeness (QED) is 0.268. The van der Waals surface area contributed by atoms with Gasteiger partial charge in [0.15, 0.2) is 11.5 Å². The van der Waals surface area contributed by atoms with Crippen molar-refractivity contribution < 1.29 is 13.9 Å². The highest BCUT2D eigenvalue weighted by atomic mass is 19.1. The van der Waals surface area contributed by atoms with Crippen molar-refractivity contribution in [2.45, 2.75) is 50.4 Å². The molecule has 0 radical (unpaired) electrons. The number of nitrogens with one attached hydrogen (secondary N) is 2. The molecule has 13 heteroatoms. The summed E-state index contributed by atoms with van der Waals surface area (Å²) in [5, 5.41) is 6.22. The molecule has 2 aromatic carbocycles. The number of likely N-dealkylation sites (tertiary alicyclic amines) is 2. The lowest BCUT2D eigenvalue weighted by atomic mass is 9.96. The van der Waals surface area contributed by atoms with E-state index in [-0.39, 0.29) is 41.3 Å². The number of benzene rings is 2. The van der Waals surface area contributed by atoms with Crippen LogP contribution in [0.4, 0.5) is 10.2 Å². The lowest BCUT2D eigenvalue weighted by molar-refractivity contribution is 0.0502. The number of piperidine rings is 2. The highest BCUT2D eigenvalue weighted by Crippen LogP contribution is 2.30. The van der Waals surface area contributed by atoms with Gasteiger partial charge in [0.2, 0.25) is 0 Å². The van der Waals surface area contributed by atoms with E-state index in [1.165, 1.54) is 44.5 Å². The number of nitrogens with two attached hydrogens (primary N) is 1. The number of aromatic nitrogens is 4. The van der Waals surface area contributed by atoms with E-state index in [1.807, 2.05) is 24.3 Å². The number of anilines is 1. The molecule has 7 rings (SSSR count). The SMILES string of the molecule is COc1cc(F)ccc1C(=O)NCc1ccc(-n2c(=O)n(C3CCN(C4CCN(C5CNC5)CC4)CC3)c3ncnc(N)c32)cc1. The summed E-state index contributed by atoms with van der Waals surface area (Å²) in [4.78, 5) is 40.8.